The fourth-order valence-electron chi connectivity index (χ4n) is 3.32. The molecule has 4 aromatic rings. The van der Waals surface area contributed by atoms with Crippen LogP contribution in [-0.4, -0.2) is 36.3 Å². The Hall–Kier alpha value is -3.87. The van der Waals surface area contributed by atoms with Crippen LogP contribution in [0.1, 0.15) is 0 Å². The minimum absolute atomic E-state index is 0.358. The lowest BCUT2D eigenvalue weighted by Gasteiger charge is -2.15. The van der Waals surface area contributed by atoms with Crippen molar-refractivity contribution < 1.29 is 14.2 Å². The monoisotopic (exact) mass is 388 g/mol. The predicted molar refractivity (Wildman–Crippen MR) is 112 cm³/mol. The van der Waals surface area contributed by atoms with Crippen molar-refractivity contribution >= 4 is 16.9 Å². The van der Waals surface area contributed by atoms with Gasteiger partial charge in [-0.25, -0.2) is 15.0 Å². The van der Waals surface area contributed by atoms with E-state index in [2.05, 4.69) is 9.97 Å². The fraction of sp³-hybridized carbons (Fsp3) is 0.136. The van der Waals surface area contributed by atoms with E-state index in [0.717, 1.165) is 22.4 Å². The van der Waals surface area contributed by atoms with E-state index in [1.807, 2.05) is 48.5 Å². The second-order valence-electron chi connectivity index (χ2n) is 6.28. The van der Waals surface area contributed by atoms with Crippen LogP contribution in [0.4, 0.5) is 5.82 Å². The molecule has 0 bridgehead atoms. The first-order chi connectivity index (χ1) is 14.2. The molecule has 0 radical (unpaired) electrons. The van der Waals surface area contributed by atoms with Crippen LogP contribution in [0.15, 0.2) is 54.9 Å². The maximum absolute atomic E-state index is 6.20. The summed E-state index contributed by atoms with van der Waals surface area (Å²) in [5.41, 5.74) is 9.89. The van der Waals surface area contributed by atoms with Gasteiger partial charge in [0.2, 0.25) is 0 Å². The predicted octanol–water partition coefficient (Wildman–Crippen LogP) is 3.97. The third kappa shape index (κ3) is 3.27. The fourth-order valence-corrected chi connectivity index (χ4v) is 3.32. The van der Waals surface area contributed by atoms with E-state index in [-0.39, 0.29) is 0 Å². The number of hydrogen-bond donors (Lipinski definition) is 1. The highest BCUT2D eigenvalue weighted by molar-refractivity contribution is 6.02. The summed E-state index contributed by atoms with van der Waals surface area (Å²) in [6.45, 7) is 0. The molecule has 0 spiro atoms. The van der Waals surface area contributed by atoms with Gasteiger partial charge in [0.15, 0.2) is 5.65 Å². The van der Waals surface area contributed by atoms with Gasteiger partial charge in [0.25, 0.3) is 0 Å². The molecule has 2 heterocycles. The highest BCUT2D eigenvalue weighted by Gasteiger charge is 2.18. The molecule has 29 heavy (non-hydrogen) atoms. The molecule has 0 atom stereocenters. The Labute approximate surface area is 168 Å². The van der Waals surface area contributed by atoms with Gasteiger partial charge in [-0.2, -0.15) is 0 Å². The van der Waals surface area contributed by atoms with Crippen molar-refractivity contribution in [2.24, 2.45) is 0 Å². The topological polar surface area (TPSA) is 92.4 Å². The molecule has 0 fully saturated rings. The molecule has 146 valence electrons. The number of hydrogen-bond acceptors (Lipinski definition) is 7. The molecule has 0 aliphatic carbocycles. The minimum atomic E-state index is 0.358. The van der Waals surface area contributed by atoms with Gasteiger partial charge in [-0.15, -0.1) is 0 Å². The number of aromatic nitrogens is 3. The maximum atomic E-state index is 6.20. The third-order valence-corrected chi connectivity index (χ3v) is 4.72. The van der Waals surface area contributed by atoms with Gasteiger partial charge in [-0.1, -0.05) is 18.2 Å². The lowest BCUT2D eigenvalue weighted by atomic mass is 9.98. The molecule has 2 N–H and O–H groups in total. The van der Waals surface area contributed by atoms with Gasteiger partial charge < -0.3 is 19.9 Å². The SMILES string of the molecule is COc1ccc(-c2cc(-c3ccccc3OC)c3c(N)ncnc3n2)c(OC)c1. The summed E-state index contributed by atoms with van der Waals surface area (Å²) in [5, 5.41) is 0.674. The second kappa shape index (κ2) is 7.63. The zero-order valence-corrected chi connectivity index (χ0v) is 16.3. The average Bonchev–Trinajstić information content (AvgIpc) is 2.78. The molecule has 2 aromatic carbocycles. The van der Waals surface area contributed by atoms with Crippen LogP contribution in [0, 0.1) is 0 Å². The lowest BCUT2D eigenvalue weighted by molar-refractivity contribution is 0.395. The van der Waals surface area contributed by atoms with Gasteiger partial charge in [-0.05, 0) is 24.3 Å². The van der Waals surface area contributed by atoms with Gasteiger partial charge in [0.1, 0.15) is 29.4 Å². The number of pyridine rings is 1. The number of rotatable bonds is 5. The quantitative estimate of drug-likeness (QED) is 0.553. The summed E-state index contributed by atoms with van der Waals surface area (Å²) in [4.78, 5) is 13.2. The van der Waals surface area contributed by atoms with Crippen LogP contribution in [-0.2, 0) is 0 Å². The van der Waals surface area contributed by atoms with E-state index in [1.165, 1.54) is 6.33 Å². The maximum Gasteiger partial charge on any atom is 0.165 e. The highest BCUT2D eigenvalue weighted by atomic mass is 16.5. The molecule has 7 heteroatoms. The number of nitrogen functional groups attached to an aromatic ring is 1. The standard InChI is InChI=1S/C22H20N4O3/c1-27-13-8-9-15(19(10-13)29-3)17-11-16(14-6-4-5-7-18(14)28-2)20-21(23)24-12-25-22(20)26-17/h4-12H,1-3H3,(H2,23,24,25,26). The van der Waals surface area contributed by atoms with E-state index >= 15 is 0 Å². The molecule has 0 amide bonds. The molecule has 7 nitrogen and oxygen atoms in total. The van der Waals surface area contributed by atoms with E-state index in [0.29, 0.717) is 34.0 Å². The number of fused-ring (bicyclic) bond motifs is 1. The number of nitrogens with two attached hydrogens (primary N) is 1. The van der Waals surface area contributed by atoms with Crippen LogP contribution < -0.4 is 19.9 Å². The van der Waals surface area contributed by atoms with Gasteiger partial charge in [0.05, 0.1) is 32.4 Å². The van der Waals surface area contributed by atoms with Crippen molar-refractivity contribution in [3.8, 4) is 39.6 Å². The van der Waals surface area contributed by atoms with Crippen molar-refractivity contribution in [1.29, 1.82) is 0 Å². The normalized spacial score (nSPS) is 10.7. The Balaban J connectivity index is 2.04. The largest absolute Gasteiger partial charge is 0.497 e. The minimum Gasteiger partial charge on any atom is -0.497 e. The molecule has 0 unspecified atom stereocenters. The Morgan fingerprint density at radius 2 is 1.55 bits per heavy atom. The molecule has 0 saturated carbocycles. The summed E-state index contributed by atoms with van der Waals surface area (Å²) >= 11 is 0. The van der Waals surface area contributed by atoms with Crippen molar-refractivity contribution in [3.63, 3.8) is 0 Å². The second-order valence-corrected chi connectivity index (χ2v) is 6.28. The molecule has 0 saturated heterocycles. The Kier molecular flexibility index (Phi) is 4.87. The zero-order chi connectivity index (χ0) is 20.4. The molecule has 2 aromatic heterocycles. The number of ether oxygens (including phenoxy) is 3. The summed E-state index contributed by atoms with van der Waals surface area (Å²) in [6, 6.07) is 15.3. The number of methoxy groups -OCH3 is 3. The van der Waals surface area contributed by atoms with E-state index in [9.17, 15) is 0 Å². The van der Waals surface area contributed by atoms with Crippen LogP contribution in [0.2, 0.25) is 0 Å². The summed E-state index contributed by atoms with van der Waals surface area (Å²) in [5.74, 6) is 2.42. The van der Waals surface area contributed by atoms with Crippen molar-refractivity contribution in [1.82, 2.24) is 15.0 Å². The number of anilines is 1. The number of nitrogens with zero attached hydrogens (tertiary/aromatic N) is 3. The molecule has 0 aliphatic heterocycles. The van der Waals surface area contributed by atoms with E-state index < -0.39 is 0 Å². The first-order valence-electron chi connectivity index (χ1n) is 8.93. The van der Waals surface area contributed by atoms with Gasteiger partial charge >= 0.3 is 0 Å². The Bertz CT molecular complexity index is 1190. The molecular weight excluding hydrogens is 368 g/mol. The van der Waals surface area contributed by atoms with Crippen molar-refractivity contribution in [2.75, 3.05) is 27.1 Å². The first-order valence-corrected chi connectivity index (χ1v) is 8.93. The van der Waals surface area contributed by atoms with Crippen molar-refractivity contribution in [2.45, 2.75) is 0 Å². The van der Waals surface area contributed by atoms with Gasteiger partial charge in [0, 0.05) is 22.8 Å². The van der Waals surface area contributed by atoms with Crippen LogP contribution >= 0.6 is 0 Å². The first kappa shape index (κ1) is 18.5. The Morgan fingerprint density at radius 3 is 2.31 bits per heavy atom. The smallest absolute Gasteiger partial charge is 0.165 e. The van der Waals surface area contributed by atoms with Gasteiger partial charge in [-0.3, -0.25) is 0 Å². The van der Waals surface area contributed by atoms with Crippen LogP contribution in [0.25, 0.3) is 33.4 Å². The molecule has 4 rings (SSSR count). The summed E-state index contributed by atoms with van der Waals surface area (Å²) < 4.78 is 16.4. The highest BCUT2D eigenvalue weighted by Crippen LogP contribution is 2.40. The average molecular weight is 388 g/mol. The molecule has 0 aliphatic rings. The summed E-state index contributed by atoms with van der Waals surface area (Å²) in [7, 11) is 4.86. The van der Waals surface area contributed by atoms with E-state index in [4.69, 9.17) is 24.9 Å². The Morgan fingerprint density at radius 1 is 0.759 bits per heavy atom. The number of para-hydroxylation sites is 1. The van der Waals surface area contributed by atoms with E-state index in [1.54, 1.807) is 21.3 Å². The lowest BCUT2D eigenvalue weighted by Crippen LogP contribution is -2.00. The van der Waals surface area contributed by atoms with Crippen LogP contribution in [0.3, 0.4) is 0 Å². The number of benzene rings is 2. The van der Waals surface area contributed by atoms with Crippen LogP contribution in [0.5, 0.6) is 17.2 Å². The zero-order valence-electron chi connectivity index (χ0n) is 16.3. The third-order valence-electron chi connectivity index (χ3n) is 4.72. The van der Waals surface area contributed by atoms with Crippen molar-refractivity contribution in [3.05, 3.63) is 54.9 Å². The summed E-state index contributed by atoms with van der Waals surface area (Å²) in [6.07, 6.45) is 1.41. The molecular formula is C22H20N4O3.